The normalized spacial score (nSPS) is 28.2. The molecule has 0 radical (unpaired) electrons. The molecule has 174 valence electrons. The fourth-order valence-corrected chi connectivity index (χ4v) is 5.93. The van der Waals surface area contributed by atoms with Crippen LogP contribution < -0.4 is 10.5 Å². The number of aromatic hydroxyl groups is 1. The number of phenols is 1. The highest BCUT2D eigenvalue weighted by atomic mass is 16.5. The molecule has 0 spiro atoms. The second-order valence-corrected chi connectivity index (χ2v) is 8.97. The lowest BCUT2D eigenvalue weighted by atomic mass is 9.59. The molecule has 34 heavy (non-hydrogen) atoms. The summed E-state index contributed by atoms with van der Waals surface area (Å²) in [6.07, 6.45) is 3.30. The van der Waals surface area contributed by atoms with Crippen molar-refractivity contribution in [3.8, 4) is 11.5 Å². The number of primary amides is 1. The van der Waals surface area contributed by atoms with Crippen LogP contribution in [0.15, 0.2) is 52.6 Å². The third-order valence-electron chi connectivity index (χ3n) is 7.33. The number of phenolic OH excluding ortho intramolecular Hbond substituents is 1. The van der Waals surface area contributed by atoms with Crippen molar-refractivity contribution < 1.29 is 33.8 Å². The summed E-state index contributed by atoms with van der Waals surface area (Å²) in [5, 5.41) is 10.8. The third kappa shape index (κ3) is 2.82. The van der Waals surface area contributed by atoms with Gasteiger partial charge in [-0.1, -0.05) is 17.7 Å². The number of ketones is 2. The number of imide groups is 3. The molecule has 4 amide bonds. The van der Waals surface area contributed by atoms with Crippen molar-refractivity contribution in [3.63, 3.8) is 0 Å². The lowest BCUT2D eigenvalue weighted by molar-refractivity contribution is -0.136. The first-order valence-corrected chi connectivity index (χ1v) is 10.9. The van der Waals surface area contributed by atoms with Crippen LogP contribution in [0.25, 0.3) is 0 Å². The minimum absolute atomic E-state index is 0.0656. The number of nitrogens with zero attached hydrogens (tertiary/aromatic N) is 1. The standard InChI is InChI=1S/C25H22N2O7/c1-10-8-16(29)19-14(22(10)30)9-13-11(20(19)21-15(28)4-3-5-17(21)34-2)6-7-12-18(13)24(32)27(23(12)31)25(26)33/h3-6,8,12-13,18,20,28H,7,9H2,1-2H3,(H2,26,33). The van der Waals surface area contributed by atoms with Gasteiger partial charge in [-0.15, -0.1) is 0 Å². The van der Waals surface area contributed by atoms with Crippen LogP contribution in [0.1, 0.15) is 31.2 Å². The summed E-state index contributed by atoms with van der Waals surface area (Å²) >= 11 is 0. The third-order valence-corrected chi connectivity index (χ3v) is 7.33. The van der Waals surface area contributed by atoms with Crippen molar-refractivity contribution in [2.75, 3.05) is 7.11 Å². The quantitative estimate of drug-likeness (QED) is 0.388. The average molecular weight is 462 g/mol. The molecule has 3 aliphatic carbocycles. The summed E-state index contributed by atoms with van der Waals surface area (Å²) in [4.78, 5) is 64.7. The van der Waals surface area contributed by atoms with E-state index in [9.17, 15) is 29.1 Å². The molecule has 4 atom stereocenters. The van der Waals surface area contributed by atoms with Gasteiger partial charge in [-0.2, -0.15) is 4.90 Å². The first-order chi connectivity index (χ1) is 16.2. The Hall–Kier alpha value is -4.01. The molecule has 9 heteroatoms. The summed E-state index contributed by atoms with van der Waals surface area (Å²) < 4.78 is 5.48. The van der Waals surface area contributed by atoms with Gasteiger partial charge in [0.2, 0.25) is 11.8 Å². The molecule has 9 nitrogen and oxygen atoms in total. The van der Waals surface area contributed by atoms with Crippen LogP contribution >= 0.6 is 0 Å². The van der Waals surface area contributed by atoms with Gasteiger partial charge in [0.15, 0.2) is 11.6 Å². The Kier molecular flexibility index (Phi) is 4.82. The van der Waals surface area contributed by atoms with Crippen molar-refractivity contribution in [2.45, 2.75) is 25.7 Å². The topological polar surface area (TPSA) is 144 Å². The second-order valence-electron chi connectivity index (χ2n) is 8.97. The largest absolute Gasteiger partial charge is 0.507 e. The zero-order chi connectivity index (χ0) is 24.5. The summed E-state index contributed by atoms with van der Waals surface area (Å²) in [5.74, 6) is -5.00. The monoisotopic (exact) mass is 462 g/mol. The number of ether oxygens (including phenoxy) is 1. The lowest BCUT2D eigenvalue weighted by Gasteiger charge is -2.42. The molecular formula is C25H22N2O7. The Labute approximate surface area is 194 Å². The molecule has 0 saturated carbocycles. The number of benzene rings is 1. The summed E-state index contributed by atoms with van der Waals surface area (Å²) in [6.45, 7) is 1.55. The van der Waals surface area contributed by atoms with Gasteiger partial charge in [-0.3, -0.25) is 19.2 Å². The molecule has 0 aromatic heterocycles. The highest BCUT2D eigenvalue weighted by Crippen LogP contribution is 2.57. The van der Waals surface area contributed by atoms with E-state index in [4.69, 9.17) is 10.5 Å². The predicted molar refractivity (Wildman–Crippen MR) is 117 cm³/mol. The maximum Gasteiger partial charge on any atom is 0.328 e. The van der Waals surface area contributed by atoms with Crippen molar-refractivity contribution in [1.82, 2.24) is 4.90 Å². The number of Topliss-reactive ketones (excluding diaryl/α,β-unsaturated/α-hetero) is 1. The number of methoxy groups -OCH3 is 1. The molecule has 3 N–H and O–H groups in total. The maximum atomic E-state index is 13.2. The first-order valence-electron chi connectivity index (χ1n) is 10.9. The molecule has 4 aliphatic rings. The van der Waals surface area contributed by atoms with Crippen LogP contribution in [0.5, 0.6) is 11.5 Å². The number of hydrogen-bond acceptors (Lipinski definition) is 7. The van der Waals surface area contributed by atoms with E-state index in [1.54, 1.807) is 25.1 Å². The van der Waals surface area contributed by atoms with Crippen LogP contribution in [0, 0.1) is 17.8 Å². The lowest BCUT2D eigenvalue weighted by Crippen LogP contribution is -2.42. The zero-order valence-electron chi connectivity index (χ0n) is 18.5. The van der Waals surface area contributed by atoms with Gasteiger partial charge in [0.05, 0.1) is 18.9 Å². The maximum absolute atomic E-state index is 13.2. The number of nitrogens with two attached hydrogens (primary N) is 1. The van der Waals surface area contributed by atoms with Crippen LogP contribution in [-0.2, 0) is 19.2 Å². The Morgan fingerprint density at radius 3 is 2.56 bits per heavy atom. The highest BCUT2D eigenvalue weighted by Gasteiger charge is 2.57. The van der Waals surface area contributed by atoms with E-state index in [0.29, 0.717) is 21.8 Å². The number of amides is 4. The minimum atomic E-state index is -1.14. The minimum Gasteiger partial charge on any atom is -0.507 e. The van der Waals surface area contributed by atoms with E-state index in [1.807, 2.05) is 0 Å². The Morgan fingerprint density at radius 2 is 1.88 bits per heavy atom. The van der Waals surface area contributed by atoms with Crippen molar-refractivity contribution in [3.05, 3.63) is 58.2 Å². The number of rotatable bonds is 2. The smallest absolute Gasteiger partial charge is 0.328 e. The van der Waals surface area contributed by atoms with Crippen molar-refractivity contribution >= 4 is 29.4 Å². The van der Waals surface area contributed by atoms with Gasteiger partial charge in [0.25, 0.3) is 0 Å². The van der Waals surface area contributed by atoms with Gasteiger partial charge in [-0.05, 0) is 43.9 Å². The molecule has 1 saturated heterocycles. The van der Waals surface area contributed by atoms with E-state index < -0.39 is 41.5 Å². The number of carbonyl (C=O) groups is 5. The molecule has 1 aromatic carbocycles. The molecule has 1 aromatic rings. The van der Waals surface area contributed by atoms with E-state index in [1.165, 1.54) is 19.3 Å². The zero-order valence-corrected chi connectivity index (χ0v) is 18.5. The van der Waals surface area contributed by atoms with Crippen LogP contribution in [-0.4, -0.2) is 46.5 Å². The fourth-order valence-electron chi connectivity index (χ4n) is 5.93. The Bertz CT molecular complexity index is 1300. The van der Waals surface area contributed by atoms with Gasteiger partial charge < -0.3 is 15.6 Å². The average Bonchev–Trinajstić information content (AvgIpc) is 3.06. The second kappa shape index (κ2) is 7.51. The first kappa shape index (κ1) is 21.8. The number of fused-ring (bicyclic) bond motifs is 3. The van der Waals surface area contributed by atoms with Crippen LogP contribution in [0.2, 0.25) is 0 Å². The van der Waals surface area contributed by atoms with Crippen LogP contribution in [0.3, 0.4) is 0 Å². The van der Waals surface area contributed by atoms with Gasteiger partial charge in [0, 0.05) is 28.2 Å². The highest BCUT2D eigenvalue weighted by molar-refractivity contribution is 6.24. The van der Waals surface area contributed by atoms with Gasteiger partial charge in [0.1, 0.15) is 11.5 Å². The molecule has 1 fully saturated rings. The van der Waals surface area contributed by atoms with E-state index >= 15 is 0 Å². The number of urea groups is 1. The Morgan fingerprint density at radius 1 is 1.15 bits per heavy atom. The van der Waals surface area contributed by atoms with Gasteiger partial charge >= 0.3 is 6.03 Å². The molecular weight excluding hydrogens is 440 g/mol. The molecule has 5 rings (SSSR count). The van der Waals surface area contributed by atoms with E-state index in [0.717, 1.165) is 0 Å². The van der Waals surface area contributed by atoms with E-state index in [2.05, 4.69) is 0 Å². The number of allylic oxidation sites excluding steroid dienone is 6. The molecule has 1 heterocycles. The summed E-state index contributed by atoms with van der Waals surface area (Å²) in [7, 11) is 1.43. The number of likely N-dealkylation sites (tertiary alicyclic amines) is 1. The van der Waals surface area contributed by atoms with E-state index in [-0.39, 0.29) is 46.9 Å². The van der Waals surface area contributed by atoms with Crippen molar-refractivity contribution in [1.29, 1.82) is 0 Å². The summed E-state index contributed by atoms with van der Waals surface area (Å²) in [5.41, 5.74) is 7.02. The summed E-state index contributed by atoms with van der Waals surface area (Å²) in [6, 6.07) is 3.56. The van der Waals surface area contributed by atoms with Crippen molar-refractivity contribution in [2.24, 2.45) is 23.5 Å². The molecule has 1 aliphatic heterocycles. The molecule has 0 bridgehead atoms. The van der Waals surface area contributed by atoms with Gasteiger partial charge in [-0.25, -0.2) is 4.79 Å². The number of hydrogen-bond donors (Lipinski definition) is 2. The number of carbonyl (C=O) groups excluding carboxylic acids is 5. The Balaban J connectivity index is 1.75. The predicted octanol–water partition coefficient (Wildman–Crippen LogP) is 1.91. The molecule has 4 unspecified atom stereocenters. The SMILES string of the molecule is COc1cccc(O)c1C1C2=CCC3C(=O)N(C(N)=O)C(=O)C3C2CC2=C1C(=O)C=C(C)C2=O. The van der Waals surface area contributed by atoms with Crippen LogP contribution in [0.4, 0.5) is 4.79 Å². The fraction of sp³-hybridized carbons (Fsp3) is 0.320.